The van der Waals surface area contributed by atoms with Gasteiger partial charge in [-0.2, -0.15) is 0 Å². The number of ether oxygens (including phenoxy) is 2. The molecule has 0 bridgehead atoms. The molecule has 0 aliphatic heterocycles. The number of halogens is 1. The van der Waals surface area contributed by atoms with Crippen molar-refractivity contribution >= 4 is 15.9 Å². The first kappa shape index (κ1) is 13.3. The van der Waals surface area contributed by atoms with E-state index in [0.29, 0.717) is 35.6 Å². The molecule has 0 aliphatic rings. The molecule has 0 spiro atoms. The van der Waals surface area contributed by atoms with Gasteiger partial charge in [-0.25, -0.2) is 4.98 Å². The van der Waals surface area contributed by atoms with E-state index >= 15 is 0 Å². The molecule has 16 heavy (non-hydrogen) atoms. The Balaban J connectivity index is 2.82. The number of nitrogens with zero attached hydrogens (tertiary/aromatic N) is 1. The van der Waals surface area contributed by atoms with Gasteiger partial charge in [0.25, 0.3) is 5.56 Å². The topological polar surface area (TPSA) is 64.2 Å². The second-order valence-corrected chi connectivity index (χ2v) is 4.10. The number of aromatic amines is 1. The van der Waals surface area contributed by atoms with Crippen LogP contribution in [0.4, 0.5) is 0 Å². The predicted molar refractivity (Wildman–Crippen MR) is 63.5 cm³/mol. The van der Waals surface area contributed by atoms with Crippen LogP contribution >= 0.6 is 15.9 Å². The molecule has 0 saturated carbocycles. The third kappa shape index (κ3) is 3.70. The zero-order chi connectivity index (χ0) is 12.0. The molecule has 1 aromatic rings. The number of H-pyrrole nitrogens is 1. The number of aryl methyl sites for hydroxylation is 1. The van der Waals surface area contributed by atoms with E-state index < -0.39 is 0 Å². The van der Waals surface area contributed by atoms with E-state index in [1.807, 2.05) is 0 Å². The number of nitrogens with one attached hydrogen (secondary N) is 1. The normalized spacial score (nSPS) is 10.7. The lowest BCUT2D eigenvalue weighted by Gasteiger charge is -2.05. The van der Waals surface area contributed by atoms with Crippen molar-refractivity contribution in [2.24, 2.45) is 0 Å². The molecule has 90 valence electrons. The number of aromatic nitrogens is 2. The molecule has 1 rings (SSSR count). The lowest BCUT2D eigenvalue weighted by molar-refractivity contribution is 0.180. The van der Waals surface area contributed by atoms with Crippen molar-refractivity contribution in [2.45, 2.75) is 19.4 Å². The average molecular weight is 291 g/mol. The van der Waals surface area contributed by atoms with E-state index in [1.165, 1.54) is 0 Å². The smallest absolute Gasteiger partial charge is 0.265 e. The van der Waals surface area contributed by atoms with Gasteiger partial charge in [0, 0.05) is 27.2 Å². The molecular formula is C10H15BrN2O3. The van der Waals surface area contributed by atoms with Crippen LogP contribution in [-0.2, 0) is 22.5 Å². The molecule has 0 aliphatic carbocycles. The fraction of sp³-hybridized carbons (Fsp3) is 0.600. The summed E-state index contributed by atoms with van der Waals surface area (Å²) in [4.78, 5) is 18.6. The Morgan fingerprint density at radius 3 is 2.75 bits per heavy atom. The molecule has 0 amide bonds. The minimum absolute atomic E-state index is 0.172. The van der Waals surface area contributed by atoms with Crippen LogP contribution in [0.1, 0.15) is 17.9 Å². The van der Waals surface area contributed by atoms with Gasteiger partial charge in [0.05, 0.1) is 12.3 Å². The van der Waals surface area contributed by atoms with E-state index in [1.54, 1.807) is 14.2 Å². The van der Waals surface area contributed by atoms with E-state index in [0.717, 1.165) is 6.42 Å². The molecule has 0 aromatic carbocycles. The number of hydrogen-bond acceptors (Lipinski definition) is 4. The van der Waals surface area contributed by atoms with Crippen molar-refractivity contribution in [3.8, 4) is 0 Å². The highest BCUT2D eigenvalue weighted by molar-refractivity contribution is 9.10. The molecule has 1 aromatic heterocycles. The summed E-state index contributed by atoms with van der Waals surface area (Å²) >= 11 is 3.19. The van der Waals surface area contributed by atoms with Crippen LogP contribution in [0.2, 0.25) is 0 Å². The van der Waals surface area contributed by atoms with Crippen LogP contribution < -0.4 is 5.56 Å². The van der Waals surface area contributed by atoms with Crippen LogP contribution in [0, 0.1) is 0 Å². The quantitative estimate of drug-likeness (QED) is 0.801. The molecule has 0 unspecified atom stereocenters. The first-order chi connectivity index (χ1) is 7.69. The summed E-state index contributed by atoms with van der Waals surface area (Å²) in [6.45, 7) is 0.973. The first-order valence-electron chi connectivity index (χ1n) is 4.94. The zero-order valence-electron chi connectivity index (χ0n) is 9.38. The Morgan fingerprint density at radius 1 is 1.38 bits per heavy atom. The Labute approximate surface area is 102 Å². The van der Waals surface area contributed by atoms with Gasteiger partial charge in [-0.3, -0.25) is 4.79 Å². The lowest BCUT2D eigenvalue weighted by Crippen LogP contribution is -2.16. The Bertz CT molecular complexity index is 392. The molecule has 0 radical (unpaired) electrons. The summed E-state index contributed by atoms with van der Waals surface area (Å²) in [5.74, 6) is 0.664. The summed E-state index contributed by atoms with van der Waals surface area (Å²) in [7, 11) is 3.22. The van der Waals surface area contributed by atoms with Gasteiger partial charge in [-0.05, 0) is 22.4 Å². The van der Waals surface area contributed by atoms with E-state index in [4.69, 9.17) is 9.47 Å². The molecule has 1 heterocycles. The van der Waals surface area contributed by atoms with E-state index in [2.05, 4.69) is 25.9 Å². The van der Waals surface area contributed by atoms with Gasteiger partial charge in [0.2, 0.25) is 0 Å². The highest BCUT2D eigenvalue weighted by atomic mass is 79.9. The van der Waals surface area contributed by atoms with Crippen LogP contribution in [0.5, 0.6) is 0 Å². The SMILES string of the molecule is COCCCc1nc(COC)c(Br)c(=O)[nH]1. The molecule has 0 saturated heterocycles. The van der Waals surface area contributed by atoms with Crippen LogP contribution in [-0.4, -0.2) is 30.8 Å². The summed E-state index contributed by atoms with van der Waals surface area (Å²) < 4.78 is 10.4. The molecular weight excluding hydrogens is 276 g/mol. The van der Waals surface area contributed by atoms with Gasteiger partial charge < -0.3 is 14.5 Å². The standard InChI is InChI=1S/C10H15BrN2O3/c1-15-5-3-4-8-12-7(6-16-2)9(11)10(14)13-8/h3-6H2,1-2H3,(H,12,13,14). The van der Waals surface area contributed by atoms with Crippen molar-refractivity contribution in [1.82, 2.24) is 9.97 Å². The average Bonchev–Trinajstić information content (AvgIpc) is 2.26. The zero-order valence-corrected chi connectivity index (χ0v) is 11.0. The summed E-state index contributed by atoms with van der Waals surface area (Å²) in [6.07, 6.45) is 1.51. The lowest BCUT2D eigenvalue weighted by atomic mass is 10.3. The van der Waals surface area contributed by atoms with E-state index in [-0.39, 0.29) is 5.56 Å². The fourth-order valence-electron chi connectivity index (χ4n) is 1.29. The highest BCUT2D eigenvalue weighted by Crippen LogP contribution is 2.10. The summed E-state index contributed by atoms with van der Waals surface area (Å²) in [6, 6.07) is 0. The maximum atomic E-state index is 11.5. The third-order valence-electron chi connectivity index (χ3n) is 2.02. The monoisotopic (exact) mass is 290 g/mol. The van der Waals surface area contributed by atoms with Crippen LogP contribution in [0.25, 0.3) is 0 Å². The second-order valence-electron chi connectivity index (χ2n) is 3.30. The number of hydrogen-bond donors (Lipinski definition) is 1. The maximum absolute atomic E-state index is 11.5. The van der Waals surface area contributed by atoms with Gasteiger partial charge >= 0.3 is 0 Å². The Hall–Kier alpha value is -0.720. The van der Waals surface area contributed by atoms with Crippen molar-refractivity contribution in [2.75, 3.05) is 20.8 Å². The molecule has 5 nitrogen and oxygen atoms in total. The van der Waals surface area contributed by atoms with Crippen LogP contribution in [0.3, 0.4) is 0 Å². The minimum atomic E-state index is -0.172. The number of rotatable bonds is 6. The van der Waals surface area contributed by atoms with Gasteiger partial charge in [0.1, 0.15) is 10.3 Å². The summed E-state index contributed by atoms with van der Waals surface area (Å²) in [5, 5.41) is 0. The first-order valence-corrected chi connectivity index (χ1v) is 5.73. The maximum Gasteiger partial charge on any atom is 0.265 e. The fourth-order valence-corrected chi connectivity index (χ4v) is 1.59. The largest absolute Gasteiger partial charge is 0.385 e. The Kier molecular flexibility index (Phi) is 5.65. The molecule has 6 heteroatoms. The molecule has 0 atom stereocenters. The van der Waals surface area contributed by atoms with Crippen molar-refractivity contribution in [3.63, 3.8) is 0 Å². The van der Waals surface area contributed by atoms with Crippen molar-refractivity contribution in [3.05, 3.63) is 26.3 Å². The van der Waals surface area contributed by atoms with Crippen molar-refractivity contribution in [1.29, 1.82) is 0 Å². The van der Waals surface area contributed by atoms with Crippen molar-refractivity contribution < 1.29 is 9.47 Å². The summed E-state index contributed by atoms with van der Waals surface area (Å²) in [5.41, 5.74) is 0.452. The van der Waals surface area contributed by atoms with Gasteiger partial charge in [-0.1, -0.05) is 0 Å². The van der Waals surface area contributed by atoms with E-state index in [9.17, 15) is 4.79 Å². The Morgan fingerprint density at radius 2 is 2.12 bits per heavy atom. The predicted octanol–water partition coefficient (Wildman–Crippen LogP) is 1.26. The molecule has 1 N–H and O–H groups in total. The van der Waals surface area contributed by atoms with Gasteiger partial charge in [-0.15, -0.1) is 0 Å². The molecule has 0 fully saturated rings. The minimum Gasteiger partial charge on any atom is -0.385 e. The van der Waals surface area contributed by atoms with Crippen LogP contribution in [0.15, 0.2) is 9.27 Å². The van der Waals surface area contributed by atoms with Gasteiger partial charge in [0.15, 0.2) is 0 Å². The third-order valence-corrected chi connectivity index (χ3v) is 2.84. The highest BCUT2D eigenvalue weighted by Gasteiger charge is 2.08. The number of methoxy groups -OCH3 is 2. The second kappa shape index (κ2) is 6.78.